The number of likely N-dealkylation sites (N-methyl/N-ethyl adjacent to an activating group) is 1. The fourth-order valence-electron chi connectivity index (χ4n) is 5.12. The number of benzene rings is 2. The van der Waals surface area contributed by atoms with Gasteiger partial charge >= 0.3 is 6.09 Å². The molecule has 2 heterocycles. The van der Waals surface area contributed by atoms with Crippen LogP contribution < -0.4 is 5.73 Å². The van der Waals surface area contributed by atoms with Crippen LogP contribution in [0.4, 0.5) is 9.18 Å². The molecule has 1 saturated heterocycles. The quantitative estimate of drug-likeness (QED) is 0.689. The highest BCUT2D eigenvalue weighted by Crippen LogP contribution is 2.36. The Kier molecular flexibility index (Phi) is 7.66. The summed E-state index contributed by atoms with van der Waals surface area (Å²) >= 11 is 0. The van der Waals surface area contributed by atoms with Crippen molar-refractivity contribution in [1.29, 1.82) is 0 Å². The lowest BCUT2D eigenvalue weighted by atomic mass is 9.87. The largest absolute Gasteiger partial charge is 0.444 e. The third kappa shape index (κ3) is 5.55. The summed E-state index contributed by atoms with van der Waals surface area (Å²) in [6.07, 6.45) is -0.148. The van der Waals surface area contributed by atoms with E-state index in [1.54, 1.807) is 17.0 Å². The SMILES string of the molecule is CCN(C(=O)OC(C)(C)C)[C@H]1CO[C@@H](C(=O)N2CCc3ccccc3[C@@H]2c2ccc(F)cc2)C[C@@H]1N. The van der Waals surface area contributed by atoms with Crippen LogP contribution in [0.25, 0.3) is 0 Å². The third-order valence-corrected chi connectivity index (χ3v) is 6.85. The van der Waals surface area contributed by atoms with Crippen molar-refractivity contribution in [1.82, 2.24) is 9.80 Å². The van der Waals surface area contributed by atoms with Gasteiger partial charge in [-0.3, -0.25) is 4.79 Å². The molecule has 2 aromatic carbocycles. The summed E-state index contributed by atoms with van der Waals surface area (Å²) in [7, 11) is 0. The summed E-state index contributed by atoms with van der Waals surface area (Å²) in [6, 6.07) is 13.2. The van der Waals surface area contributed by atoms with Crippen LogP contribution in [0.1, 0.15) is 56.8 Å². The average Bonchev–Trinajstić information content (AvgIpc) is 2.84. The van der Waals surface area contributed by atoms with Gasteiger partial charge in [0.05, 0.1) is 18.7 Å². The number of rotatable bonds is 4. The van der Waals surface area contributed by atoms with Crippen LogP contribution in [0, 0.1) is 5.82 Å². The Hall–Kier alpha value is -2.97. The van der Waals surface area contributed by atoms with Crippen molar-refractivity contribution in [2.24, 2.45) is 5.73 Å². The maximum absolute atomic E-state index is 13.8. The molecule has 0 aliphatic carbocycles. The molecule has 2 amide bonds. The van der Waals surface area contributed by atoms with Crippen LogP contribution in [0.5, 0.6) is 0 Å². The van der Waals surface area contributed by atoms with E-state index in [0.29, 0.717) is 13.1 Å². The van der Waals surface area contributed by atoms with E-state index in [1.165, 1.54) is 17.7 Å². The minimum atomic E-state index is -0.721. The molecular weight excluding hydrogens is 461 g/mol. The number of hydrogen-bond donors (Lipinski definition) is 1. The standard InChI is InChI=1S/C28H36FN3O4/c1-5-31(27(34)36-28(2,3)4)23-17-35-24(16-22(23)30)26(33)32-15-14-18-8-6-7-9-21(18)25(32)19-10-12-20(29)13-11-19/h6-13,22-25H,5,14-17,30H2,1-4H3/t22-,23-,24+,25-/m0/s1. The minimum Gasteiger partial charge on any atom is -0.444 e. The van der Waals surface area contributed by atoms with Crippen LogP contribution in [-0.4, -0.2) is 65.3 Å². The van der Waals surface area contributed by atoms with E-state index >= 15 is 0 Å². The first-order valence-corrected chi connectivity index (χ1v) is 12.6. The van der Waals surface area contributed by atoms with E-state index in [-0.39, 0.29) is 36.8 Å². The molecule has 7 nitrogen and oxygen atoms in total. The van der Waals surface area contributed by atoms with E-state index in [1.807, 2.05) is 50.8 Å². The van der Waals surface area contributed by atoms with Gasteiger partial charge in [-0.05, 0) is 69.4 Å². The van der Waals surface area contributed by atoms with E-state index in [0.717, 1.165) is 17.5 Å². The summed E-state index contributed by atoms with van der Waals surface area (Å²) < 4.78 is 25.3. The van der Waals surface area contributed by atoms with Gasteiger partial charge in [0.25, 0.3) is 5.91 Å². The van der Waals surface area contributed by atoms with Crippen LogP contribution in [0.15, 0.2) is 48.5 Å². The molecule has 2 aliphatic rings. The second-order valence-corrected chi connectivity index (χ2v) is 10.5. The van der Waals surface area contributed by atoms with Crippen molar-refractivity contribution in [3.05, 3.63) is 71.0 Å². The van der Waals surface area contributed by atoms with Crippen LogP contribution >= 0.6 is 0 Å². The molecule has 2 aromatic rings. The smallest absolute Gasteiger partial charge is 0.410 e. The predicted molar refractivity (Wildman–Crippen MR) is 135 cm³/mol. The van der Waals surface area contributed by atoms with Crippen molar-refractivity contribution < 1.29 is 23.5 Å². The molecule has 0 saturated carbocycles. The van der Waals surface area contributed by atoms with Gasteiger partial charge in [0.1, 0.15) is 17.5 Å². The van der Waals surface area contributed by atoms with Gasteiger partial charge in [0.2, 0.25) is 0 Å². The normalized spacial score (nSPS) is 24.1. The topological polar surface area (TPSA) is 85.1 Å². The first-order chi connectivity index (χ1) is 17.1. The molecule has 8 heteroatoms. The van der Waals surface area contributed by atoms with Crippen LogP contribution in [-0.2, 0) is 20.7 Å². The van der Waals surface area contributed by atoms with E-state index in [9.17, 15) is 14.0 Å². The Morgan fingerprint density at radius 3 is 2.50 bits per heavy atom. The zero-order valence-electron chi connectivity index (χ0n) is 21.4. The first-order valence-electron chi connectivity index (χ1n) is 12.6. The predicted octanol–water partition coefficient (Wildman–Crippen LogP) is 4.04. The summed E-state index contributed by atoms with van der Waals surface area (Å²) in [4.78, 5) is 29.9. The van der Waals surface area contributed by atoms with Gasteiger partial charge in [-0.2, -0.15) is 0 Å². The van der Waals surface area contributed by atoms with Gasteiger partial charge in [0, 0.05) is 19.1 Å². The lowest BCUT2D eigenvalue weighted by molar-refractivity contribution is -0.152. The molecule has 0 radical (unpaired) electrons. The van der Waals surface area contributed by atoms with Crippen molar-refractivity contribution in [2.75, 3.05) is 19.7 Å². The number of halogens is 1. The van der Waals surface area contributed by atoms with Gasteiger partial charge in [0.15, 0.2) is 0 Å². The molecule has 4 atom stereocenters. The van der Waals surface area contributed by atoms with E-state index in [2.05, 4.69) is 6.07 Å². The fraction of sp³-hybridized carbons (Fsp3) is 0.500. The van der Waals surface area contributed by atoms with Crippen molar-refractivity contribution in [3.8, 4) is 0 Å². The first kappa shape index (κ1) is 26.1. The van der Waals surface area contributed by atoms with Gasteiger partial charge in [-0.15, -0.1) is 0 Å². The van der Waals surface area contributed by atoms with Crippen molar-refractivity contribution >= 4 is 12.0 Å². The van der Waals surface area contributed by atoms with Gasteiger partial charge in [-0.25, -0.2) is 9.18 Å². The Labute approximate surface area is 212 Å². The number of nitrogens with zero attached hydrogens (tertiary/aromatic N) is 2. The maximum atomic E-state index is 13.8. The summed E-state index contributed by atoms with van der Waals surface area (Å²) in [5, 5.41) is 0. The molecule has 2 N–H and O–H groups in total. The minimum absolute atomic E-state index is 0.145. The zero-order chi connectivity index (χ0) is 26.0. The molecule has 0 spiro atoms. The summed E-state index contributed by atoms with van der Waals surface area (Å²) in [6.45, 7) is 8.42. The molecule has 4 rings (SSSR count). The Bertz CT molecular complexity index is 1080. The molecule has 194 valence electrons. The highest BCUT2D eigenvalue weighted by atomic mass is 19.1. The molecule has 1 fully saturated rings. The Morgan fingerprint density at radius 1 is 1.17 bits per heavy atom. The van der Waals surface area contributed by atoms with Crippen LogP contribution in [0.2, 0.25) is 0 Å². The number of carbonyl (C=O) groups is 2. The lowest BCUT2D eigenvalue weighted by Gasteiger charge is -2.43. The maximum Gasteiger partial charge on any atom is 0.410 e. The van der Waals surface area contributed by atoms with Crippen molar-refractivity contribution in [3.63, 3.8) is 0 Å². The molecule has 36 heavy (non-hydrogen) atoms. The third-order valence-electron chi connectivity index (χ3n) is 6.85. The number of amides is 2. The second-order valence-electron chi connectivity index (χ2n) is 10.5. The molecule has 2 aliphatic heterocycles. The molecule has 0 unspecified atom stereocenters. The number of hydrogen-bond acceptors (Lipinski definition) is 5. The summed E-state index contributed by atoms with van der Waals surface area (Å²) in [5.74, 6) is -0.466. The number of carbonyl (C=O) groups excluding carboxylic acids is 2. The monoisotopic (exact) mass is 497 g/mol. The fourth-order valence-corrected chi connectivity index (χ4v) is 5.12. The number of fused-ring (bicyclic) bond motifs is 1. The van der Waals surface area contributed by atoms with E-state index in [4.69, 9.17) is 15.2 Å². The Balaban J connectivity index is 1.53. The second kappa shape index (κ2) is 10.6. The highest BCUT2D eigenvalue weighted by Gasteiger charge is 2.42. The number of nitrogens with two attached hydrogens (primary N) is 1. The van der Waals surface area contributed by atoms with Crippen LogP contribution in [0.3, 0.4) is 0 Å². The summed E-state index contributed by atoms with van der Waals surface area (Å²) in [5.41, 5.74) is 8.94. The zero-order valence-corrected chi connectivity index (χ0v) is 21.4. The molecule has 0 bridgehead atoms. The number of ether oxygens (including phenoxy) is 2. The van der Waals surface area contributed by atoms with Gasteiger partial charge < -0.3 is 25.0 Å². The molecular formula is C28H36FN3O4. The molecule has 0 aromatic heterocycles. The van der Waals surface area contributed by atoms with E-state index < -0.39 is 23.8 Å². The van der Waals surface area contributed by atoms with Gasteiger partial charge in [-0.1, -0.05) is 36.4 Å². The average molecular weight is 498 g/mol. The van der Waals surface area contributed by atoms with Crippen molar-refractivity contribution in [2.45, 2.75) is 70.4 Å². The highest BCUT2D eigenvalue weighted by molar-refractivity contribution is 5.82. The lowest BCUT2D eigenvalue weighted by Crippen LogP contribution is -2.60. The Morgan fingerprint density at radius 2 is 1.86 bits per heavy atom.